The summed E-state index contributed by atoms with van der Waals surface area (Å²) in [5, 5.41) is 11.4. The van der Waals surface area contributed by atoms with Gasteiger partial charge in [0, 0.05) is 12.3 Å². The van der Waals surface area contributed by atoms with E-state index < -0.39 is 35.9 Å². The van der Waals surface area contributed by atoms with Crippen molar-refractivity contribution in [2.24, 2.45) is 0 Å². The number of halogens is 4. The maximum atomic E-state index is 14.2. The Morgan fingerprint density at radius 2 is 2.12 bits per heavy atom. The Balaban J connectivity index is 1.87. The second-order valence-corrected chi connectivity index (χ2v) is 6.86. The lowest BCUT2D eigenvalue weighted by atomic mass is 10.2. The van der Waals surface area contributed by atoms with Crippen LogP contribution in [0.4, 0.5) is 23.2 Å². The van der Waals surface area contributed by atoms with Gasteiger partial charge in [0.1, 0.15) is 11.7 Å². The standard InChI is InChI=1S/C16H11F4N3O2S/c17-10-4-9(6-23(15(10)25)7-12(18)19)22-14(24)11-3-8(5-21)13(26-11)16(20)1-2-16/h3-4,6,12H,1-2,7H2,(H,22,24). The molecule has 0 aromatic carbocycles. The van der Waals surface area contributed by atoms with Gasteiger partial charge >= 0.3 is 0 Å². The van der Waals surface area contributed by atoms with E-state index in [1.54, 1.807) is 0 Å². The van der Waals surface area contributed by atoms with Gasteiger partial charge in [0.15, 0.2) is 5.82 Å². The summed E-state index contributed by atoms with van der Waals surface area (Å²) in [7, 11) is 0. The summed E-state index contributed by atoms with van der Waals surface area (Å²) in [5.74, 6) is -2.06. The lowest BCUT2D eigenvalue weighted by molar-refractivity contribution is 0.103. The molecule has 136 valence electrons. The van der Waals surface area contributed by atoms with Gasteiger partial charge in [-0.2, -0.15) is 5.26 Å². The fourth-order valence-corrected chi connectivity index (χ4v) is 3.54. The topological polar surface area (TPSA) is 74.9 Å². The van der Waals surface area contributed by atoms with Gasteiger partial charge in [0.25, 0.3) is 17.9 Å². The van der Waals surface area contributed by atoms with Crippen LogP contribution in [0, 0.1) is 17.1 Å². The number of hydrogen-bond donors (Lipinski definition) is 1. The molecule has 0 spiro atoms. The Kier molecular flexibility index (Phi) is 4.58. The molecule has 3 rings (SSSR count). The van der Waals surface area contributed by atoms with Crippen LogP contribution < -0.4 is 10.9 Å². The molecule has 1 amide bonds. The van der Waals surface area contributed by atoms with Crippen LogP contribution in [-0.4, -0.2) is 16.9 Å². The van der Waals surface area contributed by atoms with E-state index in [-0.39, 0.29) is 33.8 Å². The zero-order valence-corrected chi connectivity index (χ0v) is 13.9. The summed E-state index contributed by atoms with van der Waals surface area (Å²) in [6.45, 7) is -1.02. The summed E-state index contributed by atoms with van der Waals surface area (Å²) < 4.78 is 53.2. The SMILES string of the molecule is N#Cc1cc(C(=O)Nc2cc(F)c(=O)n(CC(F)F)c2)sc1C1(F)CC1. The van der Waals surface area contributed by atoms with Gasteiger partial charge in [-0.05, 0) is 18.9 Å². The van der Waals surface area contributed by atoms with Crippen molar-refractivity contribution >= 4 is 22.9 Å². The number of pyridine rings is 1. The van der Waals surface area contributed by atoms with Gasteiger partial charge in [0.2, 0.25) is 0 Å². The number of amides is 1. The number of carbonyl (C=O) groups excluding carboxylic acids is 1. The summed E-state index contributed by atoms with van der Waals surface area (Å²) >= 11 is 0.811. The van der Waals surface area contributed by atoms with Crippen LogP contribution in [0.1, 0.15) is 33.0 Å². The average molecular weight is 385 g/mol. The first-order valence-corrected chi connectivity index (χ1v) is 8.28. The predicted molar refractivity (Wildman–Crippen MR) is 85.7 cm³/mol. The van der Waals surface area contributed by atoms with Crippen molar-refractivity contribution in [3.8, 4) is 6.07 Å². The number of thiophene rings is 1. The molecule has 0 aliphatic heterocycles. The number of rotatable bonds is 5. The third kappa shape index (κ3) is 3.48. The molecule has 2 aromatic heterocycles. The summed E-state index contributed by atoms with van der Waals surface area (Å²) in [4.78, 5) is 24.0. The molecule has 1 fully saturated rings. The quantitative estimate of drug-likeness (QED) is 0.802. The molecule has 1 saturated carbocycles. The third-order valence-corrected chi connectivity index (χ3v) is 5.12. The van der Waals surface area contributed by atoms with Crippen molar-refractivity contribution in [2.45, 2.75) is 31.5 Å². The minimum atomic E-state index is -2.88. The molecule has 2 aromatic rings. The highest BCUT2D eigenvalue weighted by atomic mass is 32.1. The van der Waals surface area contributed by atoms with Gasteiger partial charge in [-0.3, -0.25) is 9.59 Å². The first-order valence-electron chi connectivity index (χ1n) is 7.46. The smallest absolute Gasteiger partial charge is 0.286 e. The third-order valence-electron chi connectivity index (χ3n) is 3.81. The highest BCUT2D eigenvalue weighted by molar-refractivity contribution is 7.14. The summed E-state index contributed by atoms with van der Waals surface area (Å²) in [5.41, 5.74) is -2.98. The lowest BCUT2D eigenvalue weighted by Gasteiger charge is -2.09. The van der Waals surface area contributed by atoms with Crippen molar-refractivity contribution in [1.82, 2.24) is 4.57 Å². The van der Waals surface area contributed by atoms with E-state index in [1.165, 1.54) is 6.07 Å². The van der Waals surface area contributed by atoms with Crippen LogP contribution in [-0.2, 0) is 12.2 Å². The molecule has 0 unspecified atom stereocenters. The second kappa shape index (κ2) is 6.57. The summed E-state index contributed by atoms with van der Waals surface area (Å²) in [6, 6.07) is 3.76. The van der Waals surface area contributed by atoms with Crippen LogP contribution in [0.25, 0.3) is 0 Å². The highest BCUT2D eigenvalue weighted by Crippen LogP contribution is 2.53. The van der Waals surface area contributed by atoms with Crippen molar-refractivity contribution < 1.29 is 22.4 Å². The zero-order valence-electron chi connectivity index (χ0n) is 13.1. The molecule has 1 N–H and O–H groups in total. The summed E-state index contributed by atoms with van der Waals surface area (Å²) in [6.07, 6.45) is -1.44. The minimum absolute atomic E-state index is 0.0208. The Morgan fingerprint density at radius 1 is 1.42 bits per heavy atom. The van der Waals surface area contributed by atoms with Crippen molar-refractivity contribution in [1.29, 1.82) is 5.26 Å². The van der Waals surface area contributed by atoms with Crippen LogP contribution in [0.3, 0.4) is 0 Å². The molecule has 1 aliphatic rings. The Morgan fingerprint density at radius 3 is 2.69 bits per heavy atom. The molecule has 10 heteroatoms. The molecular weight excluding hydrogens is 374 g/mol. The van der Waals surface area contributed by atoms with E-state index in [4.69, 9.17) is 5.26 Å². The number of alkyl halides is 3. The van der Waals surface area contributed by atoms with Crippen LogP contribution >= 0.6 is 11.3 Å². The van der Waals surface area contributed by atoms with E-state index in [2.05, 4.69) is 5.32 Å². The maximum absolute atomic E-state index is 14.2. The molecule has 26 heavy (non-hydrogen) atoms. The zero-order chi connectivity index (χ0) is 19.1. The molecule has 1 aliphatic carbocycles. The predicted octanol–water partition coefficient (Wildman–Crippen LogP) is 3.40. The van der Waals surface area contributed by atoms with Crippen molar-refractivity contribution in [3.05, 3.63) is 49.8 Å². The lowest BCUT2D eigenvalue weighted by Crippen LogP contribution is -2.26. The van der Waals surface area contributed by atoms with Crippen LogP contribution in [0.5, 0.6) is 0 Å². The number of nitriles is 1. The molecule has 5 nitrogen and oxygen atoms in total. The van der Waals surface area contributed by atoms with E-state index in [0.717, 1.165) is 17.5 Å². The van der Waals surface area contributed by atoms with Gasteiger partial charge < -0.3 is 9.88 Å². The first kappa shape index (κ1) is 18.1. The number of nitrogens with one attached hydrogen (secondary N) is 1. The minimum Gasteiger partial charge on any atom is -0.320 e. The largest absolute Gasteiger partial charge is 0.320 e. The van der Waals surface area contributed by atoms with Crippen molar-refractivity contribution in [3.63, 3.8) is 0 Å². The molecule has 2 heterocycles. The van der Waals surface area contributed by atoms with E-state index >= 15 is 0 Å². The molecule has 0 radical (unpaired) electrons. The van der Waals surface area contributed by atoms with Crippen LogP contribution in [0.2, 0.25) is 0 Å². The number of carbonyl (C=O) groups is 1. The van der Waals surface area contributed by atoms with Gasteiger partial charge in [-0.1, -0.05) is 0 Å². The fraction of sp³-hybridized carbons (Fsp3) is 0.312. The van der Waals surface area contributed by atoms with Gasteiger partial charge in [0.05, 0.1) is 27.5 Å². The number of aromatic nitrogens is 1. The monoisotopic (exact) mass is 385 g/mol. The molecule has 0 saturated heterocycles. The highest BCUT2D eigenvalue weighted by Gasteiger charge is 2.48. The van der Waals surface area contributed by atoms with Gasteiger partial charge in [-0.25, -0.2) is 17.6 Å². The molecular formula is C16H11F4N3O2S. The van der Waals surface area contributed by atoms with Crippen LogP contribution in [0.15, 0.2) is 23.1 Å². The second-order valence-electron chi connectivity index (χ2n) is 5.81. The number of nitrogens with zero attached hydrogens (tertiary/aromatic N) is 2. The first-order chi connectivity index (χ1) is 12.2. The van der Waals surface area contributed by atoms with E-state index in [0.29, 0.717) is 10.6 Å². The number of anilines is 1. The van der Waals surface area contributed by atoms with Crippen molar-refractivity contribution in [2.75, 3.05) is 5.32 Å². The van der Waals surface area contributed by atoms with E-state index in [9.17, 15) is 27.2 Å². The Hall–Kier alpha value is -2.67. The normalized spacial score (nSPS) is 14.9. The molecule has 0 bridgehead atoms. The van der Waals surface area contributed by atoms with E-state index in [1.807, 2.05) is 6.07 Å². The maximum Gasteiger partial charge on any atom is 0.286 e. The molecule has 0 atom stereocenters. The fourth-order valence-electron chi connectivity index (χ4n) is 2.40. The number of hydrogen-bond acceptors (Lipinski definition) is 4. The average Bonchev–Trinajstić information content (AvgIpc) is 3.16. The Bertz CT molecular complexity index is 973. The Labute approximate surface area is 148 Å². The van der Waals surface area contributed by atoms with Gasteiger partial charge in [-0.15, -0.1) is 11.3 Å².